The van der Waals surface area contributed by atoms with Crippen molar-refractivity contribution < 1.29 is 14.5 Å². The summed E-state index contributed by atoms with van der Waals surface area (Å²) >= 11 is 0. The van der Waals surface area contributed by atoms with Crippen LogP contribution in [0.4, 0.5) is 11.4 Å². The minimum absolute atomic E-state index is 0.0561. The molecule has 2 aliphatic heterocycles. The topological polar surface area (TPSA) is 83.8 Å². The first kappa shape index (κ1) is 17.9. The molecule has 0 spiro atoms. The second-order valence-electron chi connectivity index (χ2n) is 7.01. The number of non-ortho nitro benzene ring substituents is 1. The lowest BCUT2D eigenvalue weighted by atomic mass is 10.0. The number of nitro benzene ring substituents is 1. The average molecular weight is 377 g/mol. The van der Waals surface area contributed by atoms with E-state index in [1.807, 2.05) is 24.0 Å². The number of amides is 2. The lowest BCUT2D eigenvalue weighted by molar-refractivity contribution is -0.384. The Morgan fingerprint density at radius 3 is 2.25 bits per heavy atom. The fraction of sp³-hybridized carbons (Fsp3) is 0.238. The normalized spacial score (nSPS) is 17.0. The molecule has 7 heteroatoms. The van der Waals surface area contributed by atoms with Gasteiger partial charge in [-0.25, -0.2) is 4.90 Å². The summed E-state index contributed by atoms with van der Waals surface area (Å²) in [7, 11) is 0. The summed E-state index contributed by atoms with van der Waals surface area (Å²) < 4.78 is 0. The van der Waals surface area contributed by atoms with Crippen LogP contribution in [-0.4, -0.2) is 34.7 Å². The zero-order chi connectivity index (χ0) is 19.8. The number of rotatable bonds is 4. The molecule has 0 bridgehead atoms. The van der Waals surface area contributed by atoms with Crippen LogP contribution in [0.25, 0.3) is 5.57 Å². The smallest absolute Gasteiger partial charge is 0.282 e. The number of likely N-dealkylation sites (tertiary alicyclic amines) is 1. The first-order valence-electron chi connectivity index (χ1n) is 9.17. The molecule has 2 aliphatic rings. The molecule has 1 fully saturated rings. The van der Waals surface area contributed by atoms with E-state index < -0.39 is 10.8 Å². The molecule has 2 aromatic carbocycles. The van der Waals surface area contributed by atoms with Crippen LogP contribution in [0, 0.1) is 17.0 Å². The van der Waals surface area contributed by atoms with E-state index in [9.17, 15) is 19.7 Å². The van der Waals surface area contributed by atoms with Crippen LogP contribution >= 0.6 is 0 Å². The second kappa shape index (κ2) is 6.92. The second-order valence-corrected chi connectivity index (χ2v) is 7.01. The Morgan fingerprint density at radius 1 is 0.964 bits per heavy atom. The standard InChI is InChI=1S/C21H19N3O4/c1-14-5-4-6-17(13-14)23-20(25)18(15-7-9-16(10-8-15)24(27)28)19(21(23)26)22-11-2-3-12-22/h4-10,13H,2-3,11-12H2,1H3. The molecule has 2 aromatic rings. The Balaban J connectivity index is 1.82. The lowest BCUT2D eigenvalue weighted by Gasteiger charge is -2.20. The highest BCUT2D eigenvalue weighted by Gasteiger charge is 2.43. The number of hydrogen-bond donors (Lipinski definition) is 0. The first-order chi connectivity index (χ1) is 13.5. The summed E-state index contributed by atoms with van der Waals surface area (Å²) in [6.07, 6.45) is 1.92. The molecule has 1 saturated heterocycles. The van der Waals surface area contributed by atoms with E-state index in [2.05, 4.69) is 0 Å². The summed E-state index contributed by atoms with van der Waals surface area (Å²) in [6.45, 7) is 3.33. The van der Waals surface area contributed by atoms with Crippen molar-refractivity contribution in [3.63, 3.8) is 0 Å². The predicted octanol–water partition coefficient (Wildman–Crippen LogP) is 3.28. The summed E-state index contributed by atoms with van der Waals surface area (Å²) in [4.78, 5) is 40.2. The van der Waals surface area contributed by atoms with E-state index in [4.69, 9.17) is 0 Å². The van der Waals surface area contributed by atoms with Gasteiger partial charge in [-0.15, -0.1) is 0 Å². The highest BCUT2D eigenvalue weighted by molar-refractivity contribution is 6.45. The van der Waals surface area contributed by atoms with Crippen LogP contribution in [0.2, 0.25) is 0 Å². The van der Waals surface area contributed by atoms with Crippen molar-refractivity contribution in [2.24, 2.45) is 0 Å². The van der Waals surface area contributed by atoms with Gasteiger partial charge in [-0.2, -0.15) is 0 Å². The van der Waals surface area contributed by atoms with Crippen molar-refractivity contribution in [3.8, 4) is 0 Å². The molecule has 142 valence electrons. The van der Waals surface area contributed by atoms with E-state index in [1.165, 1.54) is 29.2 Å². The molecule has 2 heterocycles. The van der Waals surface area contributed by atoms with E-state index in [1.54, 1.807) is 12.1 Å². The van der Waals surface area contributed by atoms with E-state index in [-0.39, 0.29) is 11.6 Å². The van der Waals surface area contributed by atoms with Gasteiger partial charge in [0.1, 0.15) is 5.70 Å². The van der Waals surface area contributed by atoms with Gasteiger partial charge in [0.05, 0.1) is 16.2 Å². The van der Waals surface area contributed by atoms with Crippen LogP contribution in [0.5, 0.6) is 0 Å². The molecule has 2 amide bonds. The minimum Gasteiger partial charge on any atom is -0.366 e. The Labute approximate surface area is 162 Å². The third kappa shape index (κ3) is 2.94. The Hall–Kier alpha value is -3.48. The Kier molecular flexibility index (Phi) is 4.43. The molecular formula is C21H19N3O4. The zero-order valence-electron chi connectivity index (χ0n) is 15.4. The molecule has 0 unspecified atom stereocenters. The number of benzene rings is 2. The van der Waals surface area contributed by atoms with Gasteiger partial charge >= 0.3 is 0 Å². The SMILES string of the molecule is Cc1cccc(N2C(=O)C(c3ccc([N+](=O)[O-])cc3)=C(N3CCCC3)C2=O)c1. The van der Waals surface area contributed by atoms with Gasteiger partial charge in [-0.3, -0.25) is 19.7 Å². The summed E-state index contributed by atoms with van der Waals surface area (Å²) in [5.74, 6) is -0.739. The fourth-order valence-electron chi connectivity index (χ4n) is 3.76. The zero-order valence-corrected chi connectivity index (χ0v) is 15.4. The van der Waals surface area contributed by atoms with Gasteiger partial charge in [0.2, 0.25) is 0 Å². The Bertz CT molecular complexity index is 1000. The molecule has 0 atom stereocenters. The maximum atomic E-state index is 13.3. The Morgan fingerprint density at radius 2 is 1.64 bits per heavy atom. The molecule has 0 N–H and O–H groups in total. The largest absolute Gasteiger partial charge is 0.366 e. The van der Waals surface area contributed by atoms with Crippen LogP contribution < -0.4 is 4.90 Å². The number of nitro groups is 1. The van der Waals surface area contributed by atoms with Gasteiger partial charge in [0.25, 0.3) is 17.5 Å². The first-order valence-corrected chi connectivity index (χ1v) is 9.17. The monoisotopic (exact) mass is 377 g/mol. The summed E-state index contributed by atoms with van der Waals surface area (Å²) in [5, 5.41) is 10.9. The average Bonchev–Trinajstić information content (AvgIpc) is 3.28. The number of aryl methyl sites for hydroxylation is 1. The summed E-state index contributed by atoms with van der Waals surface area (Å²) in [5.41, 5.74) is 2.63. The number of carbonyl (C=O) groups is 2. The number of anilines is 1. The van der Waals surface area contributed by atoms with Crippen molar-refractivity contribution >= 4 is 28.8 Å². The summed E-state index contributed by atoms with van der Waals surface area (Å²) in [6, 6.07) is 13.0. The lowest BCUT2D eigenvalue weighted by Crippen LogP contribution is -2.34. The number of carbonyl (C=O) groups excluding carboxylic acids is 2. The van der Waals surface area contributed by atoms with Gasteiger partial charge in [-0.1, -0.05) is 12.1 Å². The quantitative estimate of drug-likeness (QED) is 0.464. The third-order valence-corrected chi connectivity index (χ3v) is 5.11. The number of hydrogen-bond acceptors (Lipinski definition) is 5. The van der Waals surface area contributed by atoms with Gasteiger partial charge < -0.3 is 4.90 Å². The van der Waals surface area contributed by atoms with Gasteiger partial charge in [-0.05, 0) is 55.2 Å². The van der Waals surface area contributed by atoms with Crippen LogP contribution in [-0.2, 0) is 9.59 Å². The van der Waals surface area contributed by atoms with E-state index >= 15 is 0 Å². The number of imide groups is 1. The molecule has 0 aliphatic carbocycles. The minimum atomic E-state index is -0.486. The van der Waals surface area contributed by atoms with Crippen molar-refractivity contribution in [1.29, 1.82) is 0 Å². The maximum Gasteiger partial charge on any atom is 0.282 e. The highest BCUT2D eigenvalue weighted by Crippen LogP contribution is 2.36. The predicted molar refractivity (Wildman–Crippen MR) is 104 cm³/mol. The van der Waals surface area contributed by atoms with Gasteiger partial charge in [0, 0.05) is 25.2 Å². The van der Waals surface area contributed by atoms with Crippen LogP contribution in [0.3, 0.4) is 0 Å². The van der Waals surface area contributed by atoms with Crippen LogP contribution in [0.1, 0.15) is 24.0 Å². The van der Waals surface area contributed by atoms with Crippen molar-refractivity contribution in [1.82, 2.24) is 4.90 Å². The fourth-order valence-corrected chi connectivity index (χ4v) is 3.76. The van der Waals surface area contributed by atoms with E-state index in [0.29, 0.717) is 35.6 Å². The third-order valence-electron chi connectivity index (χ3n) is 5.11. The maximum absolute atomic E-state index is 13.3. The molecule has 28 heavy (non-hydrogen) atoms. The highest BCUT2D eigenvalue weighted by atomic mass is 16.6. The molecule has 4 rings (SSSR count). The van der Waals surface area contributed by atoms with Crippen molar-refractivity contribution in [2.45, 2.75) is 19.8 Å². The molecule has 7 nitrogen and oxygen atoms in total. The molecule has 0 saturated carbocycles. The van der Waals surface area contributed by atoms with Crippen LogP contribution in [0.15, 0.2) is 54.2 Å². The van der Waals surface area contributed by atoms with Crippen molar-refractivity contribution in [2.75, 3.05) is 18.0 Å². The molecular weight excluding hydrogens is 358 g/mol. The molecule has 0 aromatic heterocycles. The number of nitrogens with zero attached hydrogens (tertiary/aromatic N) is 3. The van der Waals surface area contributed by atoms with Crippen molar-refractivity contribution in [3.05, 3.63) is 75.5 Å². The molecule has 0 radical (unpaired) electrons. The van der Waals surface area contributed by atoms with Gasteiger partial charge in [0.15, 0.2) is 0 Å². The van der Waals surface area contributed by atoms with E-state index in [0.717, 1.165) is 18.4 Å².